The molecule has 1 aliphatic heterocycles. The molecule has 2 heterocycles. The Morgan fingerprint density at radius 1 is 1.22 bits per heavy atom. The standard InChI is InChI=1S/C13H12F6N4/c14-12(15,16)6-23-9-2-1-7(13(17,18)19)5-8(9)11(22-23)21-10-3-4-20-10/h1-2,5,10,20H,3-4,6H2,(H,21,22). The summed E-state index contributed by atoms with van der Waals surface area (Å²) in [5, 5.41) is 9.59. The highest BCUT2D eigenvalue weighted by Crippen LogP contribution is 2.34. The van der Waals surface area contributed by atoms with Gasteiger partial charge in [0, 0.05) is 11.9 Å². The Labute approximate surface area is 126 Å². The molecule has 10 heteroatoms. The van der Waals surface area contributed by atoms with Gasteiger partial charge in [0.2, 0.25) is 0 Å². The molecule has 0 saturated carbocycles. The van der Waals surface area contributed by atoms with Gasteiger partial charge in [0.1, 0.15) is 6.54 Å². The van der Waals surface area contributed by atoms with Crippen molar-refractivity contribution in [3.8, 4) is 0 Å². The Balaban J connectivity index is 2.06. The van der Waals surface area contributed by atoms with Crippen LogP contribution in [-0.2, 0) is 12.7 Å². The lowest BCUT2D eigenvalue weighted by atomic mass is 10.1. The zero-order chi connectivity index (χ0) is 16.8. The number of alkyl halides is 6. The average molecular weight is 338 g/mol. The van der Waals surface area contributed by atoms with Gasteiger partial charge in [0.15, 0.2) is 5.82 Å². The van der Waals surface area contributed by atoms with Crippen LogP contribution in [0.1, 0.15) is 12.0 Å². The first-order valence-electron chi connectivity index (χ1n) is 6.78. The molecule has 0 radical (unpaired) electrons. The van der Waals surface area contributed by atoms with E-state index in [1.54, 1.807) is 0 Å². The summed E-state index contributed by atoms with van der Waals surface area (Å²) >= 11 is 0. The summed E-state index contributed by atoms with van der Waals surface area (Å²) in [7, 11) is 0. The molecule has 126 valence electrons. The van der Waals surface area contributed by atoms with E-state index in [2.05, 4.69) is 15.7 Å². The Morgan fingerprint density at radius 3 is 2.43 bits per heavy atom. The quantitative estimate of drug-likeness (QED) is 0.844. The zero-order valence-electron chi connectivity index (χ0n) is 11.6. The highest BCUT2D eigenvalue weighted by molar-refractivity contribution is 5.91. The van der Waals surface area contributed by atoms with Gasteiger partial charge in [-0.05, 0) is 24.6 Å². The summed E-state index contributed by atoms with van der Waals surface area (Å²) in [6, 6.07) is 2.58. The lowest BCUT2D eigenvalue weighted by Gasteiger charge is -2.28. The van der Waals surface area contributed by atoms with Crippen LogP contribution in [0.15, 0.2) is 18.2 Å². The second kappa shape index (κ2) is 5.29. The van der Waals surface area contributed by atoms with E-state index in [4.69, 9.17) is 0 Å². The number of hydrogen-bond donors (Lipinski definition) is 2. The van der Waals surface area contributed by atoms with Crippen molar-refractivity contribution in [3.63, 3.8) is 0 Å². The number of nitrogens with zero attached hydrogens (tertiary/aromatic N) is 2. The summed E-state index contributed by atoms with van der Waals surface area (Å²) in [5.74, 6) is 0.00699. The molecule has 23 heavy (non-hydrogen) atoms. The molecule has 2 N–H and O–H groups in total. The lowest BCUT2D eigenvalue weighted by molar-refractivity contribution is -0.142. The van der Waals surface area contributed by atoms with Crippen molar-refractivity contribution >= 4 is 16.7 Å². The molecule has 1 fully saturated rings. The van der Waals surface area contributed by atoms with Crippen LogP contribution in [0.4, 0.5) is 32.2 Å². The Hall–Kier alpha value is -1.97. The van der Waals surface area contributed by atoms with Crippen LogP contribution >= 0.6 is 0 Å². The van der Waals surface area contributed by atoms with E-state index in [0.717, 1.165) is 24.7 Å². The van der Waals surface area contributed by atoms with Gasteiger partial charge in [-0.25, -0.2) is 0 Å². The number of hydrogen-bond acceptors (Lipinski definition) is 3. The monoisotopic (exact) mass is 338 g/mol. The van der Waals surface area contributed by atoms with Crippen LogP contribution in [-0.4, -0.2) is 28.7 Å². The molecular weight excluding hydrogens is 326 g/mol. The highest BCUT2D eigenvalue weighted by Gasteiger charge is 2.33. The summed E-state index contributed by atoms with van der Waals surface area (Å²) in [6.45, 7) is -0.638. The van der Waals surface area contributed by atoms with Gasteiger partial charge in [-0.1, -0.05) is 0 Å². The third kappa shape index (κ3) is 3.36. The van der Waals surface area contributed by atoms with Crippen molar-refractivity contribution in [1.82, 2.24) is 15.1 Å². The van der Waals surface area contributed by atoms with E-state index >= 15 is 0 Å². The number of fused-ring (bicyclic) bond motifs is 1. The van der Waals surface area contributed by atoms with Crippen molar-refractivity contribution in [2.45, 2.75) is 31.5 Å². The number of nitrogens with one attached hydrogen (secondary N) is 2. The number of benzene rings is 1. The Morgan fingerprint density at radius 2 is 1.91 bits per heavy atom. The fraction of sp³-hybridized carbons (Fsp3) is 0.462. The number of aromatic nitrogens is 2. The van der Waals surface area contributed by atoms with Crippen LogP contribution in [0, 0.1) is 0 Å². The predicted molar refractivity (Wildman–Crippen MR) is 70.8 cm³/mol. The molecule has 0 bridgehead atoms. The van der Waals surface area contributed by atoms with Crippen molar-refractivity contribution in [3.05, 3.63) is 23.8 Å². The summed E-state index contributed by atoms with van der Waals surface area (Å²) in [5.41, 5.74) is -0.932. The molecule has 1 aromatic heterocycles. The molecule has 3 rings (SSSR count). The topological polar surface area (TPSA) is 41.9 Å². The lowest BCUT2D eigenvalue weighted by Crippen LogP contribution is -2.48. The minimum absolute atomic E-state index is 0.00264. The Bertz CT molecular complexity index is 714. The van der Waals surface area contributed by atoms with Crippen molar-refractivity contribution < 1.29 is 26.3 Å². The maximum atomic E-state index is 12.8. The fourth-order valence-corrected chi connectivity index (χ4v) is 2.33. The third-order valence-corrected chi connectivity index (χ3v) is 3.54. The minimum Gasteiger partial charge on any atom is -0.353 e. The zero-order valence-corrected chi connectivity index (χ0v) is 11.6. The predicted octanol–water partition coefficient (Wildman–Crippen LogP) is 3.35. The van der Waals surface area contributed by atoms with E-state index in [9.17, 15) is 26.3 Å². The van der Waals surface area contributed by atoms with Gasteiger partial charge < -0.3 is 5.32 Å². The normalized spacial score (nSPS) is 19.0. The van der Waals surface area contributed by atoms with Gasteiger partial charge in [-0.15, -0.1) is 0 Å². The van der Waals surface area contributed by atoms with E-state index in [0.29, 0.717) is 11.1 Å². The maximum absolute atomic E-state index is 12.8. The van der Waals surface area contributed by atoms with E-state index in [-0.39, 0.29) is 22.9 Å². The number of anilines is 1. The van der Waals surface area contributed by atoms with Crippen molar-refractivity contribution in [1.29, 1.82) is 0 Å². The van der Waals surface area contributed by atoms with E-state index in [1.165, 1.54) is 0 Å². The molecule has 1 aliphatic rings. The van der Waals surface area contributed by atoms with Gasteiger partial charge in [0.25, 0.3) is 0 Å². The second-order valence-corrected chi connectivity index (χ2v) is 5.29. The first kappa shape index (κ1) is 15.9. The van der Waals surface area contributed by atoms with Crippen LogP contribution < -0.4 is 10.6 Å². The Kier molecular flexibility index (Phi) is 3.66. The van der Waals surface area contributed by atoms with Crippen LogP contribution in [0.2, 0.25) is 0 Å². The summed E-state index contributed by atoms with van der Waals surface area (Å²) < 4.78 is 77.0. The summed E-state index contributed by atoms with van der Waals surface area (Å²) in [4.78, 5) is 0. The summed E-state index contributed by atoms with van der Waals surface area (Å²) in [6.07, 6.45) is -8.59. The van der Waals surface area contributed by atoms with E-state index < -0.39 is 24.5 Å². The van der Waals surface area contributed by atoms with Gasteiger partial charge in [-0.3, -0.25) is 10.00 Å². The first-order chi connectivity index (χ1) is 10.6. The van der Waals surface area contributed by atoms with E-state index in [1.807, 2.05) is 0 Å². The smallest absolute Gasteiger partial charge is 0.353 e. The second-order valence-electron chi connectivity index (χ2n) is 5.29. The number of halogens is 6. The molecule has 4 nitrogen and oxygen atoms in total. The molecule has 1 atom stereocenters. The first-order valence-corrected chi connectivity index (χ1v) is 6.78. The van der Waals surface area contributed by atoms with Crippen molar-refractivity contribution in [2.24, 2.45) is 0 Å². The SMILES string of the molecule is FC(F)(F)Cn1nc(NC2CCN2)c2cc(C(F)(F)F)ccc21. The fourth-order valence-electron chi connectivity index (χ4n) is 2.33. The minimum atomic E-state index is -4.58. The molecular formula is C13H12F6N4. The molecule has 0 spiro atoms. The van der Waals surface area contributed by atoms with Gasteiger partial charge in [0.05, 0.1) is 17.2 Å². The van der Waals surface area contributed by atoms with Gasteiger partial charge in [-0.2, -0.15) is 31.4 Å². The molecule has 2 aromatic rings. The van der Waals surface area contributed by atoms with Crippen molar-refractivity contribution in [2.75, 3.05) is 11.9 Å². The largest absolute Gasteiger partial charge is 0.416 e. The third-order valence-electron chi connectivity index (χ3n) is 3.54. The van der Waals surface area contributed by atoms with Crippen LogP contribution in [0.25, 0.3) is 10.9 Å². The van der Waals surface area contributed by atoms with Crippen LogP contribution in [0.5, 0.6) is 0 Å². The number of rotatable bonds is 3. The maximum Gasteiger partial charge on any atom is 0.416 e. The molecule has 1 saturated heterocycles. The van der Waals surface area contributed by atoms with Gasteiger partial charge >= 0.3 is 12.4 Å². The molecule has 0 aliphatic carbocycles. The molecule has 1 aromatic carbocycles. The average Bonchev–Trinajstić information content (AvgIpc) is 2.68. The molecule has 0 amide bonds. The van der Waals surface area contributed by atoms with Crippen LogP contribution in [0.3, 0.4) is 0 Å². The molecule has 1 unspecified atom stereocenters. The highest BCUT2D eigenvalue weighted by atomic mass is 19.4.